The monoisotopic (exact) mass is 294 g/mol. The van der Waals surface area contributed by atoms with E-state index in [-0.39, 0.29) is 6.61 Å². The SMILES string of the molecule is COCC(C(=O)O)N1CCN(c2ccccc2OC)CC1. The molecule has 0 spiro atoms. The minimum absolute atomic E-state index is 0.212. The molecule has 116 valence electrons. The van der Waals surface area contributed by atoms with E-state index < -0.39 is 12.0 Å². The van der Waals surface area contributed by atoms with Crippen molar-refractivity contribution in [3.63, 3.8) is 0 Å². The Hall–Kier alpha value is -1.79. The molecule has 0 amide bonds. The minimum Gasteiger partial charge on any atom is -0.495 e. The van der Waals surface area contributed by atoms with Crippen molar-refractivity contribution >= 4 is 11.7 Å². The summed E-state index contributed by atoms with van der Waals surface area (Å²) in [7, 11) is 3.19. The van der Waals surface area contributed by atoms with Crippen LogP contribution >= 0.6 is 0 Å². The minimum atomic E-state index is -0.831. The van der Waals surface area contributed by atoms with Crippen LogP contribution in [0.25, 0.3) is 0 Å². The first-order valence-electron chi connectivity index (χ1n) is 7.01. The largest absolute Gasteiger partial charge is 0.495 e. The van der Waals surface area contributed by atoms with Gasteiger partial charge in [-0.1, -0.05) is 12.1 Å². The third kappa shape index (κ3) is 3.65. The quantitative estimate of drug-likeness (QED) is 0.842. The van der Waals surface area contributed by atoms with Gasteiger partial charge in [-0.25, -0.2) is 0 Å². The van der Waals surface area contributed by atoms with Gasteiger partial charge in [-0.05, 0) is 12.1 Å². The number of hydrogen-bond acceptors (Lipinski definition) is 5. The second-order valence-electron chi connectivity index (χ2n) is 5.00. The topological polar surface area (TPSA) is 62.2 Å². The van der Waals surface area contributed by atoms with Crippen LogP contribution in [0.15, 0.2) is 24.3 Å². The molecule has 1 saturated heterocycles. The lowest BCUT2D eigenvalue weighted by Gasteiger charge is -2.38. The van der Waals surface area contributed by atoms with Crippen molar-refractivity contribution in [2.75, 3.05) is 51.9 Å². The summed E-state index contributed by atoms with van der Waals surface area (Å²) >= 11 is 0. The van der Waals surface area contributed by atoms with E-state index in [1.54, 1.807) is 7.11 Å². The maximum absolute atomic E-state index is 11.3. The van der Waals surface area contributed by atoms with Crippen molar-refractivity contribution in [1.29, 1.82) is 0 Å². The maximum atomic E-state index is 11.3. The number of para-hydroxylation sites is 2. The molecule has 1 atom stereocenters. The van der Waals surface area contributed by atoms with Gasteiger partial charge in [0.05, 0.1) is 19.4 Å². The molecule has 2 rings (SSSR count). The summed E-state index contributed by atoms with van der Waals surface area (Å²) in [6.07, 6.45) is 0. The standard InChI is InChI=1S/C15H22N2O4/c1-20-11-13(15(18)19)17-9-7-16(8-10-17)12-5-3-4-6-14(12)21-2/h3-6,13H,7-11H2,1-2H3,(H,18,19). The van der Waals surface area contributed by atoms with Crippen molar-refractivity contribution in [3.8, 4) is 5.75 Å². The molecular weight excluding hydrogens is 272 g/mol. The summed E-state index contributed by atoms with van der Waals surface area (Å²) in [4.78, 5) is 15.5. The average molecular weight is 294 g/mol. The number of anilines is 1. The first-order valence-corrected chi connectivity index (χ1v) is 7.01. The molecular formula is C15H22N2O4. The number of methoxy groups -OCH3 is 2. The fourth-order valence-corrected chi connectivity index (χ4v) is 2.66. The second kappa shape index (κ2) is 7.28. The zero-order valence-electron chi connectivity index (χ0n) is 12.5. The normalized spacial score (nSPS) is 17.5. The first kappa shape index (κ1) is 15.6. The molecule has 0 bridgehead atoms. The van der Waals surface area contributed by atoms with E-state index in [1.165, 1.54) is 7.11 Å². The third-order valence-corrected chi connectivity index (χ3v) is 3.79. The zero-order chi connectivity index (χ0) is 15.2. The van der Waals surface area contributed by atoms with Gasteiger partial charge < -0.3 is 19.5 Å². The van der Waals surface area contributed by atoms with Gasteiger partial charge in [0, 0.05) is 33.3 Å². The van der Waals surface area contributed by atoms with Crippen molar-refractivity contribution in [1.82, 2.24) is 4.90 Å². The lowest BCUT2D eigenvalue weighted by molar-refractivity contribution is -0.145. The molecule has 1 aliphatic rings. The number of aliphatic carboxylic acids is 1. The Morgan fingerprint density at radius 2 is 1.90 bits per heavy atom. The Morgan fingerprint density at radius 1 is 1.24 bits per heavy atom. The number of carboxylic acid groups (broad SMARTS) is 1. The fraction of sp³-hybridized carbons (Fsp3) is 0.533. The van der Waals surface area contributed by atoms with Crippen LogP contribution < -0.4 is 9.64 Å². The summed E-state index contributed by atoms with van der Waals surface area (Å²) < 4.78 is 10.4. The van der Waals surface area contributed by atoms with Gasteiger partial charge in [0.15, 0.2) is 0 Å². The van der Waals surface area contributed by atoms with Gasteiger partial charge in [0.25, 0.3) is 0 Å². The lowest BCUT2D eigenvalue weighted by atomic mass is 10.2. The summed E-state index contributed by atoms with van der Waals surface area (Å²) in [5, 5.41) is 9.27. The van der Waals surface area contributed by atoms with Gasteiger partial charge in [-0.15, -0.1) is 0 Å². The van der Waals surface area contributed by atoms with Crippen LogP contribution in [0.2, 0.25) is 0 Å². The molecule has 1 aromatic carbocycles. The van der Waals surface area contributed by atoms with Gasteiger partial charge in [0.2, 0.25) is 0 Å². The predicted molar refractivity (Wildman–Crippen MR) is 80.1 cm³/mol. The van der Waals surface area contributed by atoms with Gasteiger partial charge in [-0.3, -0.25) is 9.69 Å². The molecule has 0 aromatic heterocycles. The van der Waals surface area contributed by atoms with Crippen LogP contribution in [-0.2, 0) is 9.53 Å². The molecule has 1 N–H and O–H groups in total. The summed E-state index contributed by atoms with van der Waals surface area (Å²) in [6, 6.07) is 7.31. The zero-order valence-corrected chi connectivity index (χ0v) is 12.5. The van der Waals surface area contributed by atoms with E-state index in [1.807, 2.05) is 29.2 Å². The van der Waals surface area contributed by atoms with E-state index in [0.717, 1.165) is 24.5 Å². The third-order valence-electron chi connectivity index (χ3n) is 3.79. The number of nitrogens with zero attached hydrogens (tertiary/aromatic N) is 2. The molecule has 1 unspecified atom stereocenters. The van der Waals surface area contributed by atoms with Crippen molar-refractivity contribution in [2.24, 2.45) is 0 Å². The molecule has 0 radical (unpaired) electrons. The number of piperazine rings is 1. The van der Waals surface area contributed by atoms with Gasteiger partial charge >= 0.3 is 5.97 Å². The van der Waals surface area contributed by atoms with Gasteiger partial charge in [-0.2, -0.15) is 0 Å². The summed E-state index contributed by atoms with van der Waals surface area (Å²) in [6.45, 7) is 3.14. The molecule has 0 aliphatic carbocycles. The fourth-order valence-electron chi connectivity index (χ4n) is 2.66. The van der Waals surface area contributed by atoms with E-state index in [4.69, 9.17) is 9.47 Å². The van der Waals surface area contributed by atoms with E-state index in [2.05, 4.69) is 4.90 Å². The molecule has 6 heteroatoms. The van der Waals surface area contributed by atoms with Gasteiger partial charge in [0.1, 0.15) is 11.8 Å². The Morgan fingerprint density at radius 3 is 2.48 bits per heavy atom. The molecule has 1 aromatic rings. The summed E-state index contributed by atoms with van der Waals surface area (Å²) in [5.74, 6) is 0.0141. The number of ether oxygens (including phenoxy) is 2. The highest BCUT2D eigenvalue weighted by Crippen LogP contribution is 2.28. The van der Waals surface area contributed by atoms with E-state index in [0.29, 0.717) is 13.1 Å². The smallest absolute Gasteiger partial charge is 0.323 e. The number of hydrogen-bond donors (Lipinski definition) is 1. The van der Waals surface area contributed by atoms with Crippen molar-refractivity contribution in [3.05, 3.63) is 24.3 Å². The first-order chi connectivity index (χ1) is 10.2. The predicted octanol–water partition coefficient (Wildman–Crippen LogP) is 0.917. The number of benzene rings is 1. The van der Waals surface area contributed by atoms with Crippen LogP contribution in [0.3, 0.4) is 0 Å². The molecule has 21 heavy (non-hydrogen) atoms. The Labute approximate surface area is 124 Å². The average Bonchev–Trinajstić information content (AvgIpc) is 2.52. The Bertz CT molecular complexity index is 472. The lowest BCUT2D eigenvalue weighted by Crippen LogP contribution is -2.54. The number of carboxylic acids is 1. The Balaban J connectivity index is 2.01. The highest BCUT2D eigenvalue weighted by molar-refractivity contribution is 5.73. The molecule has 1 fully saturated rings. The molecule has 1 aliphatic heterocycles. The molecule has 0 saturated carbocycles. The van der Waals surface area contributed by atoms with Crippen LogP contribution in [0.1, 0.15) is 0 Å². The van der Waals surface area contributed by atoms with E-state index in [9.17, 15) is 9.90 Å². The molecule has 1 heterocycles. The summed E-state index contributed by atoms with van der Waals surface area (Å²) in [5.41, 5.74) is 1.05. The van der Waals surface area contributed by atoms with Crippen LogP contribution in [0.5, 0.6) is 5.75 Å². The van der Waals surface area contributed by atoms with Crippen LogP contribution in [-0.4, -0.2) is 69.0 Å². The Kier molecular flexibility index (Phi) is 5.41. The van der Waals surface area contributed by atoms with Crippen molar-refractivity contribution in [2.45, 2.75) is 6.04 Å². The van der Waals surface area contributed by atoms with Crippen LogP contribution in [0, 0.1) is 0 Å². The van der Waals surface area contributed by atoms with Crippen LogP contribution in [0.4, 0.5) is 5.69 Å². The maximum Gasteiger partial charge on any atom is 0.323 e. The van der Waals surface area contributed by atoms with Crippen molar-refractivity contribution < 1.29 is 19.4 Å². The van der Waals surface area contributed by atoms with E-state index >= 15 is 0 Å². The highest BCUT2D eigenvalue weighted by atomic mass is 16.5. The number of carbonyl (C=O) groups is 1. The number of rotatable bonds is 6. The molecule has 6 nitrogen and oxygen atoms in total. The highest BCUT2D eigenvalue weighted by Gasteiger charge is 2.29. The second-order valence-corrected chi connectivity index (χ2v) is 5.00.